The van der Waals surface area contributed by atoms with Gasteiger partial charge in [0, 0.05) is 13.1 Å². The highest BCUT2D eigenvalue weighted by molar-refractivity contribution is 7.53. The Hall–Kier alpha value is -1.23. The molecule has 2 aromatic carbocycles. The van der Waals surface area contributed by atoms with Crippen LogP contribution < -0.4 is 10.4 Å². The van der Waals surface area contributed by atoms with Gasteiger partial charge < -0.3 is 4.21 Å². The van der Waals surface area contributed by atoms with Crippen molar-refractivity contribution in [3.05, 3.63) is 60.7 Å². The molecular weight excluding hydrogens is 361 g/mol. The van der Waals surface area contributed by atoms with Crippen LogP contribution >= 0.6 is 7.75 Å². The van der Waals surface area contributed by atoms with Crippen LogP contribution in [-0.4, -0.2) is 32.2 Å². The van der Waals surface area contributed by atoms with Crippen molar-refractivity contribution in [2.24, 2.45) is 0 Å². The molecule has 0 bridgehead atoms. The minimum absolute atomic E-state index is 0.189. The molecule has 0 aliphatic carbocycles. The van der Waals surface area contributed by atoms with Crippen LogP contribution in [0, 0.1) is 0 Å². The van der Waals surface area contributed by atoms with E-state index in [0.717, 1.165) is 10.4 Å². The fourth-order valence-corrected chi connectivity index (χ4v) is 9.67. The number of hydrogen-bond acceptors (Lipinski definition) is 3. The van der Waals surface area contributed by atoms with E-state index in [-0.39, 0.29) is 6.10 Å². The molecule has 6 heteroatoms. The Balaban J connectivity index is 2.56. The van der Waals surface area contributed by atoms with Crippen molar-refractivity contribution in [2.45, 2.75) is 40.3 Å². The molecule has 0 heterocycles. The predicted molar refractivity (Wildman–Crippen MR) is 112 cm³/mol. The highest BCUT2D eigenvalue weighted by atomic mass is 31.2. The standard InChI is InChI=1S/C20H30NO3PSi/c1-6-21(7-2)25(22,23-18(3)4)24-26(5,19-14-10-8-11-15-19)20-16-12-9-13-17-20/h8-18H,6-7H2,1-5H3. The van der Waals surface area contributed by atoms with E-state index in [9.17, 15) is 4.57 Å². The third-order valence-corrected chi connectivity index (χ3v) is 11.6. The van der Waals surface area contributed by atoms with Crippen LogP contribution in [0.2, 0.25) is 6.55 Å². The van der Waals surface area contributed by atoms with Crippen molar-refractivity contribution in [3.8, 4) is 0 Å². The van der Waals surface area contributed by atoms with Crippen LogP contribution in [0.4, 0.5) is 0 Å². The summed E-state index contributed by atoms with van der Waals surface area (Å²) in [5.41, 5.74) is 0. The largest absolute Gasteiger partial charge is 0.399 e. The summed E-state index contributed by atoms with van der Waals surface area (Å²) in [5.74, 6) is 0. The van der Waals surface area contributed by atoms with Crippen LogP contribution in [0.3, 0.4) is 0 Å². The van der Waals surface area contributed by atoms with Crippen LogP contribution in [-0.2, 0) is 13.3 Å². The molecule has 1 atom stereocenters. The molecule has 0 spiro atoms. The second-order valence-electron chi connectivity index (χ2n) is 6.62. The summed E-state index contributed by atoms with van der Waals surface area (Å²) in [7, 11) is -6.17. The normalized spacial score (nSPS) is 14.6. The van der Waals surface area contributed by atoms with Crippen LogP contribution in [0.15, 0.2) is 60.7 Å². The Morgan fingerprint density at radius 3 is 1.69 bits per heavy atom. The lowest BCUT2D eigenvalue weighted by Gasteiger charge is -2.37. The highest BCUT2D eigenvalue weighted by Gasteiger charge is 2.45. The topological polar surface area (TPSA) is 38.8 Å². The van der Waals surface area contributed by atoms with Crippen molar-refractivity contribution in [2.75, 3.05) is 13.1 Å². The maximum Gasteiger partial charge on any atom is 0.399 e. The van der Waals surface area contributed by atoms with E-state index in [1.54, 1.807) is 0 Å². The van der Waals surface area contributed by atoms with Crippen molar-refractivity contribution in [1.29, 1.82) is 0 Å². The lowest BCUT2D eigenvalue weighted by Crippen LogP contribution is -2.58. The van der Waals surface area contributed by atoms with Gasteiger partial charge in [-0.25, -0.2) is 9.24 Å². The van der Waals surface area contributed by atoms with E-state index in [1.165, 1.54) is 0 Å². The molecule has 2 aromatic rings. The Morgan fingerprint density at radius 2 is 1.35 bits per heavy atom. The van der Waals surface area contributed by atoms with Crippen molar-refractivity contribution < 1.29 is 13.3 Å². The molecule has 0 amide bonds. The molecular formula is C20H30NO3PSi. The van der Waals surface area contributed by atoms with Gasteiger partial charge in [-0.1, -0.05) is 74.5 Å². The average Bonchev–Trinajstić information content (AvgIpc) is 2.63. The Bertz CT molecular complexity index is 681. The Morgan fingerprint density at radius 1 is 0.923 bits per heavy atom. The van der Waals surface area contributed by atoms with E-state index in [2.05, 4.69) is 30.8 Å². The summed E-state index contributed by atoms with van der Waals surface area (Å²) in [4.78, 5) is 0. The molecule has 0 aliphatic rings. The predicted octanol–water partition coefficient (Wildman–Crippen LogP) is 4.27. The molecule has 0 aliphatic heterocycles. The number of benzene rings is 2. The SMILES string of the molecule is CCN(CC)P(=O)(OC(C)C)O[Si](C)(c1ccccc1)c1ccccc1. The lowest BCUT2D eigenvalue weighted by molar-refractivity contribution is 0.170. The fourth-order valence-electron chi connectivity index (χ4n) is 3.00. The lowest BCUT2D eigenvalue weighted by atomic mass is 10.4. The van der Waals surface area contributed by atoms with Gasteiger partial charge in [0.2, 0.25) is 0 Å². The first-order chi connectivity index (χ1) is 12.4. The second-order valence-corrected chi connectivity index (χ2v) is 12.3. The second kappa shape index (κ2) is 9.11. The van der Waals surface area contributed by atoms with E-state index in [4.69, 9.17) is 8.74 Å². The van der Waals surface area contributed by atoms with Gasteiger partial charge in [-0.2, -0.15) is 0 Å². The van der Waals surface area contributed by atoms with E-state index in [1.807, 2.05) is 68.8 Å². The zero-order valence-corrected chi connectivity index (χ0v) is 18.3. The van der Waals surface area contributed by atoms with Gasteiger partial charge in [-0.05, 0) is 30.8 Å². The molecule has 4 nitrogen and oxygen atoms in total. The first-order valence-electron chi connectivity index (χ1n) is 9.21. The molecule has 2 rings (SSSR count). The van der Waals surface area contributed by atoms with Crippen LogP contribution in [0.25, 0.3) is 0 Å². The van der Waals surface area contributed by atoms with Gasteiger partial charge in [0.15, 0.2) is 0 Å². The molecule has 0 aromatic heterocycles. The third kappa shape index (κ3) is 4.73. The van der Waals surface area contributed by atoms with Gasteiger partial charge in [-0.15, -0.1) is 0 Å². The first-order valence-corrected chi connectivity index (χ1v) is 13.1. The van der Waals surface area contributed by atoms with Gasteiger partial charge in [-0.3, -0.25) is 4.52 Å². The van der Waals surface area contributed by atoms with Crippen molar-refractivity contribution in [3.63, 3.8) is 0 Å². The maximum absolute atomic E-state index is 13.9. The smallest absolute Gasteiger partial charge is 0.329 e. The third-order valence-electron chi connectivity index (χ3n) is 4.37. The van der Waals surface area contributed by atoms with Crippen LogP contribution in [0.5, 0.6) is 0 Å². The molecule has 0 saturated carbocycles. The molecule has 0 radical (unpaired) electrons. The molecule has 0 fully saturated rings. The summed E-state index contributed by atoms with van der Waals surface area (Å²) < 4.78 is 28.1. The minimum atomic E-state index is -3.44. The Kier molecular flexibility index (Phi) is 7.39. The van der Waals surface area contributed by atoms with Gasteiger partial charge in [0.25, 0.3) is 8.32 Å². The molecule has 0 N–H and O–H groups in total. The zero-order valence-electron chi connectivity index (χ0n) is 16.4. The van der Waals surface area contributed by atoms with Gasteiger partial charge >= 0.3 is 7.75 Å². The number of rotatable bonds is 9. The van der Waals surface area contributed by atoms with Crippen LogP contribution in [0.1, 0.15) is 27.7 Å². The summed E-state index contributed by atoms with van der Waals surface area (Å²) in [6.07, 6.45) is -0.189. The molecule has 26 heavy (non-hydrogen) atoms. The minimum Gasteiger partial charge on any atom is -0.329 e. The van der Waals surface area contributed by atoms with Gasteiger partial charge in [0.05, 0.1) is 6.10 Å². The summed E-state index contributed by atoms with van der Waals surface area (Å²) in [6.45, 7) is 11.0. The van der Waals surface area contributed by atoms with Crippen molar-refractivity contribution >= 4 is 26.4 Å². The van der Waals surface area contributed by atoms with E-state index >= 15 is 0 Å². The molecule has 1 unspecified atom stereocenters. The average molecular weight is 392 g/mol. The summed E-state index contributed by atoms with van der Waals surface area (Å²) >= 11 is 0. The van der Waals surface area contributed by atoms with Gasteiger partial charge in [0.1, 0.15) is 0 Å². The zero-order chi connectivity index (χ0) is 19.2. The first kappa shape index (κ1) is 21.1. The molecule has 142 valence electrons. The van der Waals surface area contributed by atoms with E-state index in [0.29, 0.717) is 13.1 Å². The number of nitrogens with zero attached hydrogens (tertiary/aromatic N) is 1. The number of hydrogen-bond donors (Lipinski definition) is 0. The summed E-state index contributed by atoms with van der Waals surface area (Å²) in [6, 6.07) is 20.2. The fraction of sp³-hybridized carbons (Fsp3) is 0.400. The Labute approximate surface area is 158 Å². The van der Waals surface area contributed by atoms with E-state index < -0.39 is 16.1 Å². The quantitative estimate of drug-likeness (QED) is 0.473. The monoisotopic (exact) mass is 391 g/mol. The molecule has 0 saturated heterocycles. The maximum atomic E-state index is 13.9. The van der Waals surface area contributed by atoms with Crippen molar-refractivity contribution in [1.82, 2.24) is 4.67 Å². The summed E-state index contributed by atoms with van der Waals surface area (Å²) in [5, 5.41) is 2.15. The highest BCUT2D eigenvalue weighted by Crippen LogP contribution is 2.54.